The number of cyclic esters (lactones) is 1. The summed E-state index contributed by atoms with van der Waals surface area (Å²) in [5.41, 5.74) is 0. The van der Waals surface area contributed by atoms with E-state index in [1.807, 2.05) is 20.8 Å². The number of carbonyl (C=O) groups is 6. The van der Waals surface area contributed by atoms with E-state index >= 15 is 0 Å². The van der Waals surface area contributed by atoms with Gasteiger partial charge in [0.05, 0.1) is 18.6 Å². The van der Waals surface area contributed by atoms with Crippen molar-refractivity contribution in [3.8, 4) is 0 Å². The zero-order chi connectivity index (χ0) is 35.1. The van der Waals surface area contributed by atoms with Crippen molar-refractivity contribution in [3.63, 3.8) is 0 Å². The van der Waals surface area contributed by atoms with Gasteiger partial charge in [-0.3, -0.25) is 28.8 Å². The maximum Gasteiger partial charge on any atom is 0.325 e. The van der Waals surface area contributed by atoms with Crippen molar-refractivity contribution >= 4 is 35.5 Å². The Balaban J connectivity index is 3.62. The lowest BCUT2D eigenvalue weighted by atomic mass is 9.94. The summed E-state index contributed by atoms with van der Waals surface area (Å²) in [6.45, 7) is 10.9. The van der Waals surface area contributed by atoms with Gasteiger partial charge in [0.25, 0.3) is 0 Å². The van der Waals surface area contributed by atoms with Gasteiger partial charge in [0.2, 0.25) is 29.5 Å². The maximum atomic E-state index is 13.9. The van der Waals surface area contributed by atoms with Crippen LogP contribution in [0.25, 0.3) is 0 Å². The van der Waals surface area contributed by atoms with Crippen molar-refractivity contribution in [2.75, 3.05) is 20.2 Å². The standard InChI is InChI=1S/C32H57N5O9/c1-9-11-12-13-14-24-20(6)32(45)37(8)23(15-18(3)4)29(42)35-26(19(5)10-2)31(44)34-22(17-38)28(41)36-27(21(7)39)30(43)33-16-25(40)46-24/h18-24,26-27,38-39H,9-17H2,1-8H3,(H,33,43)(H,34,44)(H,35,42)(H,36,41)/t19-,20-,21+,22?,23+,24-,26+,27+/m1/s1. The van der Waals surface area contributed by atoms with E-state index in [1.54, 1.807) is 13.8 Å². The number of nitrogens with one attached hydrogen (secondary N) is 4. The molecule has 14 heteroatoms. The number of likely N-dealkylation sites (N-methyl/N-ethyl adjacent to an activating group) is 1. The largest absolute Gasteiger partial charge is 0.460 e. The van der Waals surface area contributed by atoms with Crippen molar-refractivity contribution in [2.24, 2.45) is 17.8 Å². The molecule has 1 rings (SSSR count). The van der Waals surface area contributed by atoms with Gasteiger partial charge in [-0.05, 0) is 38.0 Å². The molecule has 0 aromatic heterocycles. The number of ether oxygens (including phenoxy) is 1. The van der Waals surface area contributed by atoms with Gasteiger partial charge in [0.15, 0.2) is 0 Å². The Kier molecular flexibility index (Phi) is 17.8. The van der Waals surface area contributed by atoms with Gasteiger partial charge >= 0.3 is 5.97 Å². The van der Waals surface area contributed by atoms with Gasteiger partial charge < -0.3 is 41.1 Å². The van der Waals surface area contributed by atoms with Gasteiger partial charge in [-0.2, -0.15) is 0 Å². The van der Waals surface area contributed by atoms with Crippen LogP contribution in [0.1, 0.15) is 93.4 Å². The van der Waals surface area contributed by atoms with E-state index in [4.69, 9.17) is 4.74 Å². The number of aliphatic hydroxyl groups is 2. The number of esters is 1. The zero-order valence-electron chi connectivity index (χ0n) is 28.8. The summed E-state index contributed by atoms with van der Waals surface area (Å²) in [6, 6.07) is -5.15. The fourth-order valence-corrected chi connectivity index (χ4v) is 5.25. The summed E-state index contributed by atoms with van der Waals surface area (Å²) in [4.78, 5) is 81.3. The third kappa shape index (κ3) is 12.5. The number of amides is 5. The summed E-state index contributed by atoms with van der Waals surface area (Å²) in [5, 5.41) is 30.0. The average Bonchev–Trinajstić information content (AvgIpc) is 3.01. The van der Waals surface area contributed by atoms with Gasteiger partial charge in [0, 0.05) is 7.05 Å². The third-order valence-electron chi connectivity index (χ3n) is 8.46. The molecule has 1 unspecified atom stereocenters. The Morgan fingerprint density at radius 3 is 2.04 bits per heavy atom. The molecular weight excluding hydrogens is 598 g/mol. The Hall–Kier alpha value is -3.26. The molecule has 264 valence electrons. The lowest BCUT2D eigenvalue weighted by molar-refractivity contribution is -0.157. The Bertz CT molecular complexity index is 1040. The first-order valence-electron chi connectivity index (χ1n) is 16.5. The Morgan fingerprint density at radius 2 is 1.50 bits per heavy atom. The quantitative estimate of drug-likeness (QED) is 0.134. The molecule has 46 heavy (non-hydrogen) atoms. The predicted molar refractivity (Wildman–Crippen MR) is 171 cm³/mol. The second kappa shape index (κ2) is 20.1. The number of aliphatic hydroxyl groups excluding tert-OH is 2. The minimum atomic E-state index is -1.53. The lowest BCUT2D eigenvalue weighted by Gasteiger charge is -2.34. The highest BCUT2D eigenvalue weighted by Gasteiger charge is 2.38. The van der Waals surface area contributed by atoms with E-state index in [2.05, 4.69) is 28.2 Å². The molecule has 0 saturated carbocycles. The SMILES string of the molecule is CCCCCC[C@H]1OC(=O)CNC(=O)[C@H]([C@H](C)O)NC(=O)C(CO)NC(=O)[C@H]([C@H](C)CC)NC(=O)[C@H](CC(C)C)N(C)C(=O)[C@@H]1C. The van der Waals surface area contributed by atoms with Crippen LogP contribution in [-0.2, 0) is 33.5 Å². The lowest BCUT2D eigenvalue weighted by Crippen LogP contribution is -2.61. The van der Waals surface area contributed by atoms with Crippen molar-refractivity contribution in [3.05, 3.63) is 0 Å². The fraction of sp³-hybridized carbons (Fsp3) is 0.812. The van der Waals surface area contributed by atoms with Crippen LogP contribution in [-0.4, -0.2) is 107 Å². The first kappa shape index (κ1) is 40.8. The van der Waals surface area contributed by atoms with Gasteiger partial charge in [-0.15, -0.1) is 0 Å². The maximum absolute atomic E-state index is 13.9. The highest BCUT2D eigenvalue weighted by atomic mass is 16.5. The highest BCUT2D eigenvalue weighted by molar-refractivity contribution is 5.96. The Labute approximate surface area is 273 Å². The normalized spacial score (nSPS) is 27.8. The van der Waals surface area contributed by atoms with Crippen molar-refractivity contribution < 1.29 is 43.7 Å². The molecule has 0 aromatic carbocycles. The monoisotopic (exact) mass is 655 g/mol. The molecule has 8 atom stereocenters. The summed E-state index contributed by atoms with van der Waals surface area (Å²) >= 11 is 0. The fourth-order valence-electron chi connectivity index (χ4n) is 5.25. The molecule has 0 aliphatic carbocycles. The first-order chi connectivity index (χ1) is 21.6. The summed E-state index contributed by atoms with van der Waals surface area (Å²) in [7, 11) is 1.50. The van der Waals surface area contributed by atoms with E-state index in [0.29, 0.717) is 19.3 Å². The number of unbranched alkanes of at least 4 members (excludes halogenated alkanes) is 3. The van der Waals surface area contributed by atoms with Gasteiger partial charge in [-0.1, -0.05) is 67.2 Å². The zero-order valence-corrected chi connectivity index (χ0v) is 28.8. The van der Waals surface area contributed by atoms with Gasteiger partial charge in [0.1, 0.15) is 36.8 Å². The molecule has 0 bridgehead atoms. The van der Waals surface area contributed by atoms with Crippen LogP contribution in [0.4, 0.5) is 0 Å². The molecule has 1 aliphatic rings. The van der Waals surface area contributed by atoms with Gasteiger partial charge in [-0.25, -0.2) is 0 Å². The minimum absolute atomic E-state index is 0.00519. The molecule has 1 heterocycles. The van der Waals surface area contributed by atoms with E-state index in [0.717, 1.165) is 19.3 Å². The van der Waals surface area contributed by atoms with Crippen molar-refractivity contribution in [1.29, 1.82) is 0 Å². The van der Waals surface area contributed by atoms with Crippen LogP contribution in [0.2, 0.25) is 0 Å². The minimum Gasteiger partial charge on any atom is -0.460 e. The Morgan fingerprint density at radius 1 is 0.870 bits per heavy atom. The molecule has 6 N–H and O–H groups in total. The smallest absolute Gasteiger partial charge is 0.325 e. The second-order valence-corrected chi connectivity index (χ2v) is 12.8. The average molecular weight is 656 g/mol. The second-order valence-electron chi connectivity index (χ2n) is 12.8. The molecule has 1 fully saturated rings. The number of hydrogen-bond acceptors (Lipinski definition) is 9. The van der Waals surface area contributed by atoms with E-state index in [-0.39, 0.29) is 12.3 Å². The molecule has 0 spiro atoms. The van der Waals surface area contributed by atoms with Crippen LogP contribution < -0.4 is 21.3 Å². The molecule has 5 amide bonds. The summed E-state index contributed by atoms with van der Waals surface area (Å²) in [5.74, 6) is -5.66. The molecule has 0 aromatic rings. The van der Waals surface area contributed by atoms with Crippen LogP contribution in [0.15, 0.2) is 0 Å². The molecule has 14 nitrogen and oxygen atoms in total. The molecule has 1 saturated heterocycles. The summed E-state index contributed by atoms with van der Waals surface area (Å²) in [6.07, 6.45) is 2.37. The summed E-state index contributed by atoms with van der Waals surface area (Å²) < 4.78 is 5.71. The van der Waals surface area contributed by atoms with Crippen LogP contribution in [0, 0.1) is 17.8 Å². The predicted octanol–water partition coefficient (Wildman–Crippen LogP) is 0.381. The van der Waals surface area contributed by atoms with E-state index < -0.39 is 96.9 Å². The molecule has 0 radical (unpaired) electrons. The number of hydrogen-bond donors (Lipinski definition) is 6. The van der Waals surface area contributed by atoms with Crippen molar-refractivity contribution in [2.45, 2.75) is 130 Å². The molecule has 1 aliphatic heterocycles. The third-order valence-corrected chi connectivity index (χ3v) is 8.46. The highest BCUT2D eigenvalue weighted by Crippen LogP contribution is 2.22. The van der Waals surface area contributed by atoms with Crippen molar-refractivity contribution in [1.82, 2.24) is 26.2 Å². The van der Waals surface area contributed by atoms with Crippen LogP contribution in [0.5, 0.6) is 0 Å². The van der Waals surface area contributed by atoms with Crippen LogP contribution in [0.3, 0.4) is 0 Å². The van der Waals surface area contributed by atoms with Crippen LogP contribution >= 0.6 is 0 Å². The number of nitrogens with zero attached hydrogens (tertiary/aromatic N) is 1. The number of rotatable bonds is 11. The number of carbonyl (C=O) groups excluding carboxylic acids is 6. The molecular formula is C32H57N5O9. The first-order valence-corrected chi connectivity index (χ1v) is 16.5. The van der Waals surface area contributed by atoms with E-state index in [9.17, 15) is 39.0 Å². The topological polar surface area (TPSA) is 203 Å². The van der Waals surface area contributed by atoms with E-state index in [1.165, 1.54) is 18.9 Å².